The van der Waals surface area contributed by atoms with E-state index in [0.717, 1.165) is 24.8 Å². The quantitative estimate of drug-likeness (QED) is 0.744. The zero-order chi connectivity index (χ0) is 19.5. The Bertz CT molecular complexity index is 833. The Balaban J connectivity index is 1.45. The van der Waals surface area contributed by atoms with Crippen molar-refractivity contribution in [3.63, 3.8) is 0 Å². The molecule has 1 heterocycles. The van der Waals surface area contributed by atoms with Crippen LogP contribution in [0.3, 0.4) is 0 Å². The monoisotopic (exact) mass is 379 g/mol. The molecule has 146 valence electrons. The summed E-state index contributed by atoms with van der Waals surface area (Å²) in [5.41, 5.74) is 1.63. The van der Waals surface area contributed by atoms with Crippen molar-refractivity contribution in [2.45, 2.75) is 32.0 Å². The van der Waals surface area contributed by atoms with Gasteiger partial charge in [0.1, 0.15) is 5.75 Å². The van der Waals surface area contributed by atoms with Crippen molar-refractivity contribution in [1.29, 1.82) is 0 Å². The van der Waals surface area contributed by atoms with Gasteiger partial charge in [-0.15, -0.1) is 0 Å². The summed E-state index contributed by atoms with van der Waals surface area (Å²) in [6.45, 7) is 0.975. The van der Waals surface area contributed by atoms with Crippen molar-refractivity contribution >= 4 is 11.8 Å². The van der Waals surface area contributed by atoms with Gasteiger partial charge in [0.15, 0.2) is 0 Å². The van der Waals surface area contributed by atoms with Gasteiger partial charge in [0.05, 0.1) is 19.8 Å². The van der Waals surface area contributed by atoms with Gasteiger partial charge in [-0.2, -0.15) is 0 Å². The molecule has 0 spiro atoms. The van der Waals surface area contributed by atoms with E-state index in [-0.39, 0.29) is 29.8 Å². The molecule has 2 aromatic rings. The maximum atomic E-state index is 12.9. The van der Waals surface area contributed by atoms with Crippen LogP contribution in [0.25, 0.3) is 0 Å². The first-order valence-electron chi connectivity index (χ1n) is 9.82. The Morgan fingerprint density at radius 3 is 2.54 bits per heavy atom. The number of methoxy groups -OCH3 is 1. The number of hydrogen-bond acceptors (Lipinski definition) is 4. The molecule has 0 bridgehead atoms. The van der Waals surface area contributed by atoms with Gasteiger partial charge < -0.3 is 9.47 Å². The summed E-state index contributed by atoms with van der Waals surface area (Å²) in [4.78, 5) is 27.3. The average molecular weight is 379 g/mol. The molecule has 3 unspecified atom stereocenters. The number of fused-ring (bicyclic) bond motifs is 1. The first-order valence-corrected chi connectivity index (χ1v) is 9.82. The Kier molecular flexibility index (Phi) is 5.44. The third-order valence-electron chi connectivity index (χ3n) is 5.86. The lowest BCUT2D eigenvalue weighted by molar-refractivity contribution is -0.130. The molecule has 5 nitrogen and oxygen atoms in total. The zero-order valence-corrected chi connectivity index (χ0v) is 16.0. The highest BCUT2D eigenvalue weighted by Gasteiger charge is 2.48. The molecule has 4 rings (SSSR count). The van der Waals surface area contributed by atoms with Crippen LogP contribution < -0.4 is 4.74 Å². The second-order valence-electron chi connectivity index (χ2n) is 7.52. The molecule has 0 radical (unpaired) electrons. The summed E-state index contributed by atoms with van der Waals surface area (Å²) < 4.78 is 11.3. The Hall–Kier alpha value is -2.66. The molecule has 0 aromatic heterocycles. The number of carbonyl (C=O) groups is 2. The van der Waals surface area contributed by atoms with Crippen molar-refractivity contribution in [3.05, 3.63) is 65.7 Å². The fraction of sp³-hybridized carbons (Fsp3) is 0.391. The van der Waals surface area contributed by atoms with Gasteiger partial charge in [-0.05, 0) is 42.7 Å². The summed E-state index contributed by atoms with van der Waals surface area (Å²) >= 11 is 0. The molecule has 0 N–H and O–H groups in total. The van der Waals surface area contributed by atoms with Crippen molar-refractivity contribution in [2.75, 3.05) is 13.7 Å². The lowest BCUT2D eigenvalue weighted by Gasteiger charge is -2.31. The standard InChI is InChI=1S/C23H25NO4/c1-27-18-12-10-17(11-13-18)22(25)24-14-20-19(23(24)26)8-5-9-21(20)28-15-16-6-3-2-4-7-16/h2-4,6-7,10-13,19-21H,5,8-9,14-15H2,1H3. The summed E-state index contributed by atoms with van der Waals surface area (Å²) in [6.07, 6.45) is 2.74. The van der Waals surface area contributed by atoms with Crippen LogP contribution >= 0.6 is 0 Å². The van der Waals surface area contributed by atoms with Crippen LogP contribution in [0.4, 0.5) is 0 Å². The Morgan fingerprint density at radius 2 is 1.82 bits per heavy atom. The third-order valence-corrected chi connectivity index (χ3v) is 5.86. The maximum Gasteiger partial charge on any atom is 0.260 e. The molecule has 2 amide bonds. The van der Waals surface area contributed by atoms with Crippen LogP contribution in [0.2, 0.25) is 0 Å². The van der Waals surface area contributed by atoms with E-state index >= 15 is 0 Å². The van der Waals surface area contributed by atoms with E-state index in [1.165, 1.54) is 4.90 Å². The predicted molar refractivity (Wildman–Crippen MR) is 105 cm³/mol. The van der Waals surface area contributed by atoms with Gasteiger partial charge in [0.25, 0.3) is 5.91 Å². The van der Waals surface area contributed by atoms with Crippen LogP contribution in [-0.4, -0.2) is 36.5 Å². The van der Waals surface area contributed by atoms with Gasteiger partial charge in [0, 0.05) is 23.9 Å². The van der Waals surface area contributed by atoms with E-state index in [1.807, 2.05) is 30.3 Å². The molecule has 5 heteroatoms. The van der Waals surface area contributed by atoms with E-state index in [1.54, 1.807) is 31.4 Å². The largest absolute Gasteiger partial charge is 0.497 e. The molecule has 28 heavy (non-hydrogen) atoms. The maximum absolute atomic E-state index is 12.9. The molecule has 1 saturated carbocycles. The van der Waals surface area contributed by atoms with Crippen LogP contribution in [0.1, 0.15) is 35.2 Å². The highest BCUT2D eigenvalue weighted by Crippen LogP contribution is 2.39. The number of ether oxygens (including phenoxy) is 2. The highest BCUT2D eigenvalue weighted by atomic mass is 16.5. The van der Waals surface area contributed by atoms with Gasteiger partial charge in [0.2, 0.25) is 5.91 Å². The molecule has 1 aliphatic carbocycles. The van der Waals surface area contributed by atoms with Crippen LogP contribution in [0, 0.1) is 11.8 Å². The van der Waals surface area contributed by atoms with Gasteiger partial charge >= 0.3 is 0 Å². The molecule has 2 fully saturated rings. The first kappa shape index (κ1) is 18.7. The SMILES string of the molecule is COc1ccc(C(=O)N2CC3C(OCc4ccccc4)CCCC3C2=O)cc1. The fourth-order valence-electron chi connectivity index (χ4n) is 4.34. The second kappa shape index (κ2) is 8.15. The molecular weight excluding hydrogens is 354 g/mol. The molecule has 3 atom stereocenters. The lowest BCUT2D eigenvalue weighted by atomic mass is 9.79. The molecule has 1 aliphatic heterocycles. The average Bonchev–Trinajstić information content (AvgIpc) is 3.10. The number of nitrogens with zero attached hydrogens (tertiary/aromatic N) is 1. The van der Waals surface area contributed by atoms with Crippen molar-refractivity contribution < 1.29 is 19.1 Å². The first-order chi connectivity index (χ1) is 13.7. The minimum atomic E-state index is -0.233. The summed E-state index contributed by atoms with van der Waals surface area (Å²) in [5.74, 6) is 0.360. The summed E-state index contributed by atoms with van der Waals surface area (Å²) in [6, 6.07) is 17.0. The van der Waals surface area contributed by atoms with Crippen LogP contribution in [0.15, 0.2) is 54.6 Å². The van der Waals surface area contributed by atoms with E-state index in [9.17, 15) is 9.59 Å². The lowest BCUT2D eigenvalue weighted by Crippen LogP contribution is -2.34. The number of amides is 2. The highest BCUT2D eigenvalue weighted by molar-refractivity contribution is 6.06. The van der Waals surface area contributed by atoms with E-state index < -0.39 is 0 Å². The van der Waals surface area contributed by atoms with Crippen molar-refractivity contribution in [2.24, 2.45) is 11.8 Å². The van der Waals surface area contributed by atoms with Gasteiger partial charge in [-0.25, -0.2) is 0 Å². The Morgan fingerprint density at radius 1 is 1.07 bits per heavy atom. The van der Waals surface area contributed by atoms with Crippen LogP contribution in [0.5, 0.6) is 5.75 Å². The smallest absolute Gasteiger partial charge is 0.260 e. The third kappa shape index (κ3) is 3.67. The van der Waals surface area contributed by atoms with E-state index in [4.69, 9.17) is 9.47 Å². The molecule has 2 aliphatic rings. The molecule has 1 saturated heterocycles. The summed E-state index contributed by atoms with van der Waals surface area (Å²) in [5, 5.41) is 0. The topological polar surface area (TPSA) is 55.8 Å². The number of benzene rings is 2. The fourth-order valence-corrected chi connectivity index (χ4v) is 4.34. The normalized spacial score (nSPS) is 24.1. The predicted octanol–water partition coefficient (Wildman–Crippen LogP) is 3.68. The van der Waals surface area contributed by atoms with Crippen molar-refractivity contribution in [1.82, 2.24) is 4.90 Å². The number of likely N-dealkylation sites (tertiary alicyclic amines) is 1. The van der Waals surface area contributed by atoms with E-state index in [2.05, 4.69) is 0 Å². The van der Waals surface area contributed by atoms with Gasteiger partial charge in [-0.3, -0.25) is 14.5 Å². The minimum Gasteiger partial charge on any atom is -0.497 e. The van der Waals surface area contributed by atoms with Crippen LogP contribution in [-0.2, 0) is 16.1 Å². The van der Waals surface area contributed by atoms with E-state index in [0.29, 0.717) is 24.5 Å². The zero-order valence-electron chi connectivity index (χ0n) is 16.0. The Labute approximate surface area is 165 Å². The number of carbonyl (C=O) groups excluding carboxylic acids is 2. The van der Waals surface area contributed by atoms with Crippen molar-refractivity contribution in [3.8, 4) is 5.75 Å². The number of rotatable bonds is 5. The molecular formula is C23H25NO4. The number of imide groups is 1. The molecule has 2 aromatic carbocycles. The number of hydrogen-bond donors (Lipinski definition) is 0. The second-order valence-corrected chi connectivity index (χ2v) is 7.52. The van der Waals surface area contributed by atoms with Gasteiger partial charge in [-0.1, -0.05) is 36.8 Å². The minimum absolute atomic E-state index is 0.0107. The summed E-state index contributed by atoms with van der Waals surface area (Å²) in [7, 11) is 1.58.